The summed E-state index contributed by atoms with van der Waals surface area (Å²) in [6, 6.07) is 0.435. The normalized spacial score (nSPS) is 14.8. The maximum Gasteiger partial charge on any atom is 0.223 e. The fraction of sp³-hybridized carbons (Fsp3) is 0.692. The van der Waals surface area contributed by atoms with Gasteiger partial charge in [-0.1, -0.05) is 0 Å². The highest BCUT2D eigenvalue weighted by molar-refractivity contribution is 6.17. The van der Waals surface area contributed by atoms with Crippen molar-refractivity contribution in [3.8, 4) is 0 Å². The molecule has 0 N–H and O–H groups in total. The standard InChI is InChI=1S/C13H20ClN3O/c1-16-9-8-15-12(16)10-17(11-5-6-11)13(18)4-2-3-7-14/h8-9,11H,2-7,10H2,1H3. The zero-order chi connectivity index (χ0) is 13.0. The summed E-state index contributed by atoms with van der Waals surface area (Å²) >= 11 is 5.64. The van der Waals surface area contributed by atoms with Gasteiger partial charge in [0.15, 0.2) is 0 Å². The Bertz CT molecular complexity index is 401. The molecule has 1 aliphatic carbocycles. The lowest BCUT2D eigenvalue weighted by atomic mass is 10.2. The Kier molecular flexibility index (Phi) is 4.64. The number of hydrogen-bond donors (Lipinski definition) is 0. The summed E-state index contributed by atoms with van der Waals surface area (Å²) < 4.78 is 1.97. The molecule has 0 bridgehead atoms. The van der Waals surface area contributed by atoms with Crippen molar-refractivity contribution in [1.29, 1.82) is 0 Å². The van der Waals surface area contributed by atoms with Crippen molar-refractivity contribution in [2.75, 3.05) is 5.88 Å². The number of aryl methyl sites for hydroxylation is 1. The van der Waals surface area contributed by atoms with Crippen LogP contribution in [0.25, 0.3) is 0 Å². The fourth-order valence-electron chi connectivity index (χ4n) is 2.02. The molecular formula is C13H20ClN3O. The van der Waals surface area contributed by atoms with Crippen LogP contribution in [0.15, 0.2) is 12.4 Å². The predicted octanol–water partition coefficient (Wildman–Crippen LogP) is 2.32. The van der Waals surface area contributed by atoms with Crippen LogP contribution < -0.4 is 0 Å². The molecule has 0 unspecified atom stereocenters. The van der Waals surface area contributed by atoms with E-state index in [0.717, 1.165) is 31.5 Å². The van der Waals surface area contributed by atoms with Crippen molar-refractivity contribution < 1.29 is 4.79 Å². The highest BCUT2D eigenvalue weighted by Crippen LogP contribution is 2.29. The number of halogens is 1. The van der Waals surface area contributed by atoms with Crippen molar-refractivity contribution in [1.82, 2.24) is 14.5 Å². The van der Waals surface area contributed by atoms with Crippen LogP contribution in [0.2, 0.25) is 0 Å². The minimum atomic E-state index is 0.241. The second-order valence-electron chi connectivity index (χ2n) is 4.85. The number of nitrogens with zero attached hydrogens (tertiary/aromatic N) is 3. The average molecular weight is 270 g/mol. The predicted molar refractivity (Wildman–Crippen MR) is 71.4 cm³/mol. The van der Waals surface area contributed by atoms with E-state index in [-0.39, 0.29) is 5.91 Å². The van der Waals surface area contributed by atoms with E-state index in [4.69, 9.17) is 11.6 Å². The van der Waals surface area contributed by atoms with E-state index in [1.807, 2.05) is 22.7 Å². The summed E-state index contributed by atoms with van der Waals surface area (Å²) in [6.45, 7) is 0.633. The van der Waals surface area contributed by atoms with Crippen LogP contribution >= 0.6 is 11.6 Å². The molecular weight excluding hydrogens is 250 g/mol. The first kappa shape index (κ1) is 13.4. The number of rotatable bonds is 7. The topological polar surface area (TPSA) is 38.1 Å². The van der Waals surface area contributed by atoms with Crippen LogP contribution in [0.3, 0.4) is 0 Å². The van der Waals surface area contributed by atoms with Gasteiger partial charge in [0.1, 0.15) is 5.82 Å². The van der Waals surface area contributed by atoms with Gasteiger partial charge in [-0.3, -0.25) is 4.79 Å². The number of aromatic nitrogens is 2. The molecule has 1 heterocycles. The molecule has 0 saturated heterocycles. The van der Waals surface area contributed by atoms with E-state index >= 15 is 0 Å². The number of hydrogen-bond acceptors (Lipinski definition) is 2. The molecule has 0 radical (unpaired) electrons. The van der Waals surface area contributed by atoms with Gasteiger partial charge in [0.05, 0.1) is 6.54 Å². The van der Waals surface area contributed by atoms with E-state index < -0.39 is 0 Å². The number of carbonyl (C=O) groups is 1. The minimum Gasteiger partial charge on any atom is -0.337 e. The van der Waals surface area contributed by atoms with Gasteiger partial charge in [0.2, 0.25) is 5.91 Å². The second-order valence-corrected chi connectivity index (χ2v) is 5.23. The maximum atomic E-state index is 12.2. The van der Waals surface area contributed by atoms with Crippen LogP contribution in [0.1, 0.15) is 37.9 Å². The number of carbonyl (C=O) groups excluding carboxylic acids is 1. The van der Waals surface area contributed by atoms with E-state index in [0.29, 0.717) is 24.9 Å². The molecule has 5 heteroatoms. The molecule has 18 heavy (non-hydrogen) atoms. The molecule has 1 aromatic heterocycles. The van der Waals surface area contributed by atoms with Gasteiger partial charge in [0, 0.05) is 37.8 Å². The van der Waals surface area contributed by atoms with Gasteiger partial charge in [0.25, 0.3) is 0 Å². The highest BCUT2D eigenvalue weighted by Gasteiger charge is 2.32. The molecule has 1 fully saturated rings. The van der Waals surface area contributed by atoms with Crippen LogP contribution in [-0.4, -0.2) is 32.3 Å². The van der Waals surface area contributed by atoms with Gasteiger partial charge in [-0.2, -0.15) is 0 Å². The Balaban J connectivity index is 1.91. The molecule has 1 amide bonds. The summed E-state index contributed by atoms with van der Waals surface area (Å²) in [5.74, 6) is 1.83. The number of alkyl halides is 1. The lowest BCUT2D eigenvalue weighted by Crippen LogP contribution is -2.33. The van der Waals surface area contributed by atoms with Gasteiger partial charge in [-0.25, -0.2) is 4.98 Å². The first-order valence-corrected chi connectivity index (χ1v) is 7.07. The van der Waals surface area contributed by atoms with Crippen molar-refractivity contribution in [2.45, 2.75) is 44.7 Å². The molecule has 0 aliphatic heterocycles. The molecule has 0 atom stereocenters. The second kappa shape index (κ2) is 6.23. The Hall–Kier alpha value is -1.03. The van der Waals surface area contributed by atoms with Crippen molar-refractivity contribution in [3.63, 3.8) is 0 Å². The molecule has 4 nitrogen and oxygen atoms in total. The smallest absolute Gasteiger partial charge is 0.223 e. The van der Waals surface area contributed by atoms with Crippen LogP contribution in [0.4, 0.5) is 0 Å². The highest BCUT2D eigenvalue weighted by atomic mass is 35.5. The molecule has 1 saturated carbocycles. The third-order valence-electron chi connectivity index (χ3n) is 3.31. The molecule has 100 valence electrons. The molecule has 2 rings (SSSR count). The Morgan fingerprint density at radius 3 is 2.89 bits per heavy atom. The first-order valence-electron chi connectivity index (χ1n) is 6.54. The van der Waals surface area contributed by atoms with Gasteiger partial charge in [-0.15, -0.1) is 11.6 Å². The van der Waals surface area contributed by atoms with E-state index in [1.165, 1.54) is 0 Å². The number of amides is 1. The zero-order valence-corrected chi connectivity index (χ0v) is 11.6. The largest absolute Gasteiger partial charge is 0.337 e. The third kappa shape index (κ3) is 3.48. The van der Waals surface area contributed by atoms with Gasteiger partial charge < -0.3 is 9.47 Å². The van der Waals surface area contributed by atoms with Crippen molar-refractivity contribution >= 4 is 17.5 Å². The number of unbranched alkanes of at least 4 members (excludes halogenated alkanes) is 1. The molecule has 1 aliphatic rings. The Labute approximate surface area is 113 Å². The summed E-state index contributed by atoms with van der Waals surface area (Å²) in [5.41, 5.74) is 0. The molecule has 0 aromatic carbocycles. The van der Waals surface area contributed by atoms with Gasteiger partial charge >= 0.3 is 0 Å². The minimum absolute atomic E-state index is 0.241. The maximum absolute atomic E-state index is 12.2. The first-order chi connectivity index (χ1) is 8.72. The van der Waals surface area contributed by atoms with Crippen molar-refractivity contribution in [3.05, 3.63) is 18.2 Å². The zero-order valence-electron chi connectivity index (χ0n) is 10.8. The molecule has 1 aromatic rings. The summed E-state index contributed by atoms with van der Waals surface area (Å²) in [6.07, 6.45) is 8.35. The van der Waals surface area contributed by atoms with E-state index in [9.17, 15) is 4.79 Å². The van der Waals surface area contributed by atoms with E-state index in [2.05, 4.69) is 4.98 Å². The Morgan fingerprint density at radius 1 is 1.56 bits per heavy atom. The fourth-order valence-corrected chi connectivity index (χ4v) is 2.21. The van der Waals surface area contributed by atoms with E-state index in [1.54, 1.807) is 6.20 Å². The lowest BCUT2D eigenvalue weighted by molar-refractivity contribution is -0.132. The average Bonchev–Trinajstić information content (AvgIpc) is 3.11. The van der Waals surface area contributed by atoms with Crippen molar-refractivity contribution in [2.24, 2.45) is 7.05 Å². The summed E-state index contributed by atoms with van der Waals surface area (Å²) in [7, 11) is 1.96. The number of imidazole rings is 1. The monoisotopic (exact) mass is 269 g/mol. The van der Waals surface area contributed by atoms with Gasteiger partial charge in [-0.05, 0) is 25.7 Å². The van der Waals surface area contributed by atoms with Crippen LogP contribution in [-0.2, 0) is 18.4 Å². The summed E-state index contributed by atoms with van der Waals surface area (Å²) in [4.78, 5) is 18.5. The molecule has 0 spiro atoms. The Morgan fingerprint density at radius 2 is 2.33 bits per heavy atom. The SMILES string of the molecule is Cn1ccnc1CN(C(=O)CCCCCl)C1CC1. The summed E-state index contributed by atoms with van der Waals surface area (Å²) in [5, 5.41) is 0. The van der Waals surface area contributed by atoms with Crippen LogP contribution in [0.5, 0.6) is 0 Å². The quantitative estimate of drug-likeness (QED) is 0.563. The lowest BCUT2D eigenvalue weighted by Gasteiger charge is -2.22. The van der Waals surface area contributed by atoms with Crippen LogP contribution in [0, 0.1) is 0 Å². The third-order valence-corrected chi connectivity index (χ3v) is 3.58.